The summed E-state index contributed by atoms with van der Waals surface area (Å²) in [4.78, 5) is 20.0. The van der Waals surface area contributed by atoms with Crippen LogP contribution in [-0.2, 0) is 15.7 Å². The van der Waals surface area contributed by atoms with Gasteiger partial charge in [0.05, 0.1) is 6.61 Å². The third kappa shape index (κ3) is 6.11. The number of carbonyl (C=O) groups excluding carboxylic acids is 1. The average Bonchev–Trinajstić information content (AvgIpc) is 2.79. The Morgan fingerprint density at radius 2 is 2.11 bits per heavy atom. The predicted molar refractivity (Wildman–Crippen MR) is 56.0 cm³/mol. The third-order valence-corrected chi connectivity index (χ3v) is 1.49. The number of nitrogens with zero attached hydrogens (tertiary/aromatic N) is 1. The summed E-state index contributed by atoms with van der Waals surface area (Å²) in [6.07, 6.45) is -0.208. The summed E-state index contributed by atoms with van der Waals surface area (Å²) >= 11 is 0. The van der Waals surface area contributed by atoms with Gasteiger partial charge in [0.1, 0.15) is 5.69 Å². The molecule has 1 aromatic rings. The molecule has 0 saturated carbocycles. The van der Waals surface area contributed by atoms with E-state index in [1.165, 1.54) is 5.92 Å². The van der Waals surface area contributed by atoms with Crippen LogP contribution in [0.5, 0.6) is 0 Å². The van der Waals surface area contributed by atoms with Crippen LogP contribution >= 0.6 is 0 Å². The van der Waals surface area contributed by atoms with Crippen LogP contribution < -0.4 is 0 Å². The van der Waals surface area contributed by atoms with E-state index < -0.39 is 23.8 Å². The van der Waals surface area contributed by atoms with Crippen LogP contribution in [-0.4, -0.2) is 33.8 Å². The van der Waals surface area contributed by atoms with Crippen molar-refractivity contribution in [2.45, 2.75) is 13.1 Å². The van der Waals surface area contributed by atoms with Gasteiger partial charge in [-0.05, 0) is 6.92 Å². The molecule has 0 amide bonds. The number of esters is 1. The fourth-order valence-corrected chi connectivity index (χ4v) is 0.777. The van der Waals surface area contributed by atoms with Crippen molar-refractivity contribution in [1.82, 2.24) is 10.2 Å². The smallest absolute Gasteiger partial charge is 0.432 e. The third-order valence-electron chi connectivity index (χ3n) is 1.49. The van der Waals surface area contributed by atoms with Crippen LogP contribution in [0.1, 0.15) is 23.1 Å². The number of H-pyrrole nitrogens is 1. The fraction of sp³-hybridized carbons (Fsp3) is 0.300. The molecular formula is C10H9F3N2O4. The number of hydrogen-bond donors (Lipinski definition) is 2. The molecule has 0 bridgehead atoms. The molecule has 0 aliphatic carbocycles. The van der Waals surface area contributed by atoms with E-state index in [9.17, 15) is 18.0 Å². The number of aromatic amines is 1. The van der Waals surface area contributed by atoms with Gasteiger partial charge in [-0.2, -0.15) is 18.3 Å². The Morgan fingerprint density at radius 1 is 1.58 bits per heavy atom. The summed E-state index contributed by atoms with van der Waals surface area (Å²) in [6, 6.07) is 0.609. The lowest BCUT2D eigenvalue weighted by atomic mass is 10.3. The van der Waals surface area contributed by atoms with Gasteiger partial charge < -0.3 is 9.84 Å². The second-order valence-corrected chi connectivity index (χ2v) is 2.83. The van der Waals surface area contributed by atoms with Gasteiger partial charge in [-0.15, -0.1) is 6.42 Å². The molecule has 19 heavy (non-hydrogen) atoms. The molecule has 2 N–H and O–H groups in total. The summed E-state index contributed by atoms with van der Waals surface area (Å²) in [5.74, 6) is -0.649. The monoisotopic (exact) mass is 278 g/mol. The van der Waals surface area contributed by atoms with E-state index >= 15 is 0 Å². The average molecular weight is 278 g/mol. The summed E-state index contributed by atoms with van der Waals surface area (Å²) in [5.41, 5.74) is -1.44. The zero-order valence-electron chi connectivity index (χ0n) is 9.61. The first kappa shape index (κ1) is 16.5. The zero-order valence-corrected chi connectivity index (χ0v) is 9.61. The second-order valence-electron chi connectivity index (χ2n) is 2.83. The highest BCUT2D eigenvalue weighted by molar-refractivity contribution is 5.87. The maximum Gasteiger partial charge on any atom is 0.432 e. The number of halogens is 3. The summed E-state index contributed by atoms with van der Waals surface area (Å²) in [5, 5.41) is 12.4. The molecule has 0 atom stereocenters. The van der Waals surface area contributed by atoms with Crippen LogP contribution in [0.15, 0.2) is 6.07 Å². The zero-order chi connectivity index (χ0) is 15.1. The van der Waals surface area contributed by atoms with Gasteiger partial charge in [-0.25, -0.2) is 9.59 Å². The van der Waals surface area contributed by atoms with Crippen molar-refractivity contribution in [3.63, 3.8) is 0 Å². The summed E-state index contributed by atoms with van der Waals surface area (Å²) < 4.78 is 40.5. The Hall–Kier alpha value is -2.50. The first-order valence-electron chi connectivity index (χ1n) is 4.71. The van der Waals surface area contributed by atoms with Crippen LogP contribution in [0.4, 0.5) is 13.2 Å². The van der Waals surface area contributed by atoms with E-state index in [-0.39, 0.29) is 12.3 Å². The second kappa shape index (κ2) is 7.05. The molecule has 0 spiro atoms. The maximum atomic E-state index is 12.0. The fourth-order valence-electron chi connectivity index (χ4n) is 0.777. The highest BCUT2D eigenvalue weighted by Crippen LogP contribution is 2.27. The van der Waals surface area contributed by atoms with Crippen molar-refractivity contribution >= 4 is 11.9 Å². The maximum absolute atomic E-state index is 12.0. The number of nitrogens with one attached hydrogen (secondary N) is 1. The van der Waals surface area contributed by atoms with Gasteiger partial charge in [0.2, 0.25) is 0 Å². The van der Waals surface area contributed by atoms with E-state index in [0.29, 0.717) is 6.07 Å². The van der Waals surface area contributed by atoms with Crippen molar-refractivity contribution in [2.75, 3.05) is 6.61 Å². The largest absolute Gasteiger partial charge is 0.472 e. The van der Waals surface area contributed by atoms with Crippen LogP contribution in [0.2, 0.25) is 0 Å². The molecule has 6 nitrogen and oxygen atoms in total. The predicted octanol–water partition coefficient (Wildman–Crippen LogP) is 1.31. The number of carboxylic acid groups (broad SMARTS) is 1. The molecule has 1 aromatic heterocycles. The van der Waals surface area contributed by atoms with Crippen LogP contribution in [0.25, 0.3) is 0 Å². The van der Waals surface area contributed by atoms with E-state index in [1.807, 2.05) is 0 Å². The lowest BCUT2D eigenvalue weighted by Crippen LogP contribution is -2.05. The van der Waals surface area contributed by atoms with E-state index in [4.69, 9.17) is 9.90 Å². The molecule has 1 rings (SSSR count). The molecule has 0 aromatic carbocycles. The lowest BCUT2D eigenvalue weighted by molar-refractivity contribution is -0.141. The van der Waals surface area contributed by atoms with E-state index in [0.717, 1.165) is 0 Å². The Labute approximate surface area is 105 Å². The number of rotatable bonds is 2. The number of terminal acetylenes is 1. The van der Waals surface area contributed by atoms with Gasteiger partial charge in [-0.3, -0.25) is 5.10 Å². The molecule has 104 valence electrons. The van der Waals surface area contributed by atoms with Gasteiger partial charge in [0, 0.05) is 12.0 Å². The molecule has 0 saturated heterocycles. The normalized spacial score (nSPS) is 9.84. The number of hydrogen-bond acceptors (Lipinski definition) is 4. The highest BCUT2D eigenvalue weighted by atomic mass is 19.4. The Balaban J connectivity index is 0.000000555. The summed E-state index contributed by atoms with van der Waals surface area (Å²) in [6.45, 7) is 1.64. The minimum atomic E-state index is -4.53. The van der Waals surface area contributed by atoms with Crippen molar-refractivity contribution in [3.05, 3.63) is 17.5 Å². The van der Waals surface area contributed by atoms with Gasteiger partial charge in [0.15, 0.2) is 5.69 Å². The van der Waals surface area contributed by atoms with Crippen LogP contribution in [0.3, 0.4) is 0 Å². The first-order chi connectivity index (χ1) is 8.72. The van der Waals surface area contributed by atoms with Gasteiger partial charge in [-0.1, -0.05) is 0 Å². The topological polar surface area (TPSA) is 92.3 Å². The Morgan fingerprint density at radius 3 is 2.42 bits per heavy atom. The van der Waals surface area contributed by atoms with Crippen molar-refractivity contribution in [2.24, 2.45) is 0 Å². The van der Waals surface area contributed by atoms with Crippen molar-refractivity contribution in [1.29, 1.82) is 0 Å². The molecule has 1 heterocycles. The number of ether oxygens (including phenoxy) is 1. The molecular weight excluding hydrogens is 269 g/mol. The molecule has 9 heteroatoms. The Kier molecular flexibility index (Phi) is 6.12. The van der Waals surface area contributed by atoms with E-state index in [1.54, 1.807) is 12.0 Å². The molecule has 0 aliphatic rings. The quantitative estimate of drug-likeness (QED) is 0.628. The number of carbonyl (C=O) groups is 2. The first-order valence-corrected chi connectivity index (χ1v) is 4.71. The highest BCUT2D eigenvalue weighted by Gasteiger charge is 2.33. The standard InChI is InChI=1S/C7H7F3N2O2.C3H2O2/c1-2-14-6(13)4-3-5(12-11-4)7(8,9)10;1-2-3(4)5/h3H,2H2,1H3,(H,11,12);1H,(H,4,5). The minimum absolute atomic E-state index is 0.0903. The molecule has 0 fully saturated rings. The van der Waals surface area contributed by atoms with Crippen molar-refractivity contribution < 1.29 is 32.6 Å². The molecule has 0 aliphatic heterocycles. The molecule has 0 radical (unpaired) electrons. The van der Waals surface area contributed by atoms with Gasteiger partial charge in [0.25, 0.3) is 0 Å². The Bertz CT molecular complexity index is 488. The minimum Gasteiger partial charge on any atom is -0.472 e. The number of aliphatic carboxylic acids is 1. The lowest BCUT2D eigenvalue weighted by Gasteiger charge is -1.99. The van der Waals surface area contributed by atoms with Gasteiger partial charge >= 0.3 is 18.1 Å². The van der Waals surface area contributed by atoms with Crippen LogP contribution in [0, 0.1) is 12.3 Å². The molecule has 0 unspecified atom stereocenters. The SMILES string of the molecule is C#CC(=O)O.CCOC(=O)c1cc(C(F)(F)F)[nH]n1. The van der Waals surface area contributed by atoms with E-state index in [2.05, 4.69) is 16.3 Å². The number of carboxylic acids is 1. The summed E-state index contributed by atoms with van der Waals surface area (Å²) in [7, 11) is 0. The number of aromatic nitrogens is 2. The van der Waals surface area contributed by atoms with Crippen molar-refractivity contribution in [3.8, 4) is 12.3 Å². The number of alkyl halides is 3.